The molecule has 5 atom stereocenters. The summed E-state index contributed by atoms with van der Waals surface area (Å²) in [6.45, 7) is 11.6. The molecule has 0 heterocycles. The first-order valence-electron chi connectivity index (χ1n) is 33.3. The third-order valence-corrected chi connectivity index (χ3v) is 16.5. The van der Waals surface area contributed by atoms with Gasteiger partial charge in [0.1, 0.15) is 19.3 Å². The Kier molecular flexibility index (Phi) is 54.1. The van der Waals surface area contributed by atoms with Gasteiger partial charge in [0.05, 0.1) is 26.4 Å². The quantitative estimate of drug-likeness (QED) is 0.0222. The van der Waals surface area contributed by atoms with Gasteiger partial charge in [0.2, 0.25) is 0 Å². The molecule has 2 unspecified atom stereocenters. The fraction of sp³-hybridized carbons (Fsp3) is 0.938. The van der Waals surface area contributed by atoms with Crippen LogP contribution < -0.4 is 0 Å². The molecule has 492 valence electrons. The number of rotatable bonds is 62. The largest absolute Gasteiger partial charge is 0.472 e. The van der Waals surface area contributed by atoms with Gasteiger partial charge in [-0.05, 0) is 43.4 Å². The maximum Gasteiger partial charge on any atom is 0.472 e. The molecule has 0 aromatic heterocycles. The molecule has 0 rings (SSSR count). The Morgan fingerprint density at radius 1 is 0.325 bits per heavy atom. The van der Waals surface area contributed by atoms with Crippen LogP contribution in [0.15, 0.2) is 0 Å². The normalized spacial score (nSPS) is 14.4. The van der Waals surface area contributed by atoms with E-state index in [0.29, 0.717) is 37.5 Å². The Bertz CT molecular complexity index is 1650. The fourth-order valence-electron chi connectivity index (χ4n) is 9.48. The Morgan fingerprint density at radius 3 is 0.819 bits per heavy atom. The minimum atomic E-state index is -4.94. The summed E-state index contributed by atoms with van der Waals surface area (Å²) < 4.78 is 67.9. The number of esters is 4. The monoisotopic (exact) mass is 1230 g/mol. The van der Waals surface area contributed by atoms with Crippen LogP contribution >= 0.6 is 15.6 Å². The summed E-state index contributed by atoms with van der Waals surface area (Å²) in [7, 11) is -9.89. The number of aliphatic hydroxyl groups excluding tert-OH is 1. The smallest absolute Gasteiger partial charge is 0.462 e. The van der Waals surface area contributed by atoms with Crippen LogP contribution in [0.1, 0.15) is 312 Å². The Labute approximate surface area is 505 Å². The van der Waals surface area contributed by atoms with Gasteiger partial charge in [-0.25, -0.2) is 9.13 Å². The van der Waals surface area contributed by atoms with E-state index in [2.05, 4.69) is 48.5 Å². The maximum absolute atomic E-state index is 13.0. The zero-order valence-electron chi connectivity index (χ0n) is 53.6. The van der Waals surface area contributed by atoms with Crippen LogP contribution in [-0.4, -0.2) is 96.7 Å². The van der Waals surface area contributed by atoms with Gasteiger partial charge in [-0.3, -0.25) is 37.3 Å². The number of hydrogen-bond donors (Lipinski definition) is 3. The van der Waals surface area contributed by atoms with E-state index < -0.39 is 97.5 Å². The highest BCUT2D eigenvalue weighted by Crippen LogP contribution is 2.45. The zero-order valence-corrected chi connectivity index (χ0v) is 55.4. The molecule has 0 aromatic rings. The lowest BCUT2D eigenvalue weighted by Gasteiger charge is -2.21. The van der Waals surface area contributed by atoms with E-state index in [0.717, 1.165) is 102 Å². The molecule has 83 heavy (non-hydrogen) atoms. The minimum absolute atomic E-state index is 0.101. The van der Waals surface area contributed by atoms with Gasteiger partial charge in [0.15, 0.2) is 12.2 Å². The van der Waals surface area contributed by atoms with Gasteiger partial charge in [0, 0.05) is 25.7 Å². The molecule has 0 radical (unpaired) electrons. The Morgan fingerprint density at radius 2 is 0.554 bits per heavy atom. The van der Waals surface area contributed by atoms with Gasteiger partial charge in [-0.1, -0.05) is 260 Å². The summed E-state index contributed by atoms with van der Waals surface area (Å²) in [5, 5.41) is 10.5. The molecule has 0 aliphatic heterocycles. The second-order valence-corrected chi connectivity index (χ2v) is 27.5. The van der Waals surface area contributed by atoms with Crippen molar-refractivity contribution in [3.63, 3.8) is 0 Å². The second-order valence-electron chi connectivity index (χ2n) is 24.6. The standard InChI is InChI=1S/C64H124O17P2/c1-8-9-10-11-12-13-15-19-22-31-38-45-61(66)74-51-59(80-63(68)47-40-33-23-20-17-14-16-18-21-28-35-42-55(2)3)53-78-82(70,71)76-49-58(65)50-77-83(72,73)79-54-60(81-64(69)48-41-34-27-25-30-37-44-57(6)7)52-75-62(67)46-39-32-26-24-29-36-43-56(4)5/h55-60,65H,8-54H2,1-7H3,(H,70,71)(H,72,73)/t58-,59-,60-/m1/s1. The van der Waals surface area contributed by atoms with Crippen LogP contribution in [-0.2, 0) is 65.4 Å². The molecule has 0 bridgehead atoms. The molecule has 19 heteroatoms. The predicted molar refractivity (Wildman–Crippen MR) is 331 cm³/mol. The number of phosphoric ester groups is 2. The van der Waals surface area contributed by atoms with Crippen molar-refractivity contribution in [2.24, 2.45) is 17.8 Å². The molecule has 0 aliphatic rings. The van der Waals surface area contributed by atoms with Crippen molar-refractivity contribution in [2.75, 3.05) is 39.6 Å². The molecule has 0 aromatic carbocycles. The molecule has 3 N–H and O–H groups in total. The molecular weight excluding hydrogens is 1100 g/mol. The van der Waals surface area contributed by atoms with Crippen molar-refractivity contribution in [1.29, 1.82) is 0 Å². The summed E-state index contributed by atoms with van der Waals surface area (Å²) >= 11 is 0. The highest BCUT2D eigenvalue weighted by molar-refractivity contribution is 7.47. The number of aliphatic hydroxyl groups is 1. The van der Waals surface area contributed by atoms with Crippen LogP contribution in [0.4, 0.5) is 0 Å². The number of ether oxygens (including phenoxy) is 4. The molecule has 0 spiro atoms. The lowest BCUT2D eigenvalue weighted by Crippen LogP contribution is -2.30. The Hall–Kier alpha value is -1.94. The van der Waals surface area contributed by atoms with E-state index in [1.54, 1.807) is 0 Å². The third-order valence-electron chi connectivity index (χ3n) is 14.6. The van der Waals surface area contributed by atoms with E-state index in [9.17, 15) is 43.2 Å². The van der Waals surface area contributed by atoms with Crippen molar-refractivity contribution in [1.82, 2.24) is 0 Å². The molecule has 0 saturated heterocycles. The van der Waals surface area contributed by atoms with Crippen molar-refractivity contribution < 1.29 is 80.2 Å². The van der Waals surface area contributed by atoms with Gasteiger partial charge < -0.3 is 33.8 Å². The first-order chi connectivity index (χ1) is 39.7. The van der Waals surface area contributed by atoms with Gasteiger partial charge in [-0.15, -0.1) is 0 Å². The van der Waals surface area contributed by atoms with Crippen LogP contribution in [0.25, 0.3) is 0 Å². The summed E-state index contributed by atoms with van der Waals surface area (Å²) in [6.07, 6.45) is 36.5. The lowest BCUT2D eigenvalue weighted by atomic mass is 10.0. The Balaban J connectivity index is 5.23. The topological polar surface area (TPSA) is 237 Å². The summed E-state index contributed by atoms with van der Waals surface area (Å²) in [6, 6.07) is 0. The second kappa shape index (κ2) is 55.4. The summed E-state index contributed by atoms with van der Waals surface area (Å²) in [4.78, 5) is 72.1. The number of phosphoric acid groups is 2. The maximum atomic E-state index is 13.0. The average Bonchev–Trinajstić information content (AvgIpc) is 3.45. The molecule has 0 amide bonds. The number of carbonyl (C=O) groups excluding carboxylic acids is 4. The molecule has 0 aliphatic carbocycles. The van der Waals surface area contributed by atoms with Crippen LogP contribution in [0.5, 0.6) is 0 Å². The SMILES string of the molecule is CCCCCCCCCCCCCC(=O)OC[C@H](COP(=O)(O)OC[C@@H](O)COP(=O)(O)OC[C@@H](COC(=O)CCCCCCCCC(C)C)OC(=O)CCCCCCCCC(C)C)OC(=O)CCCCCCCCCCCCCC(C)C. The van der Waals surface area contributed by atoms with E-state index in [1.807, 2.05) is 0 Å². The highest BCUT2D eigenvalue weighted by atomic mass is 31.2. The lowest BCUT2D eigenvalue weighted by molar-refractivity contribution is -0.161. The predicted octanol–water partition coefficient (Wildman–Crippen LogP) is 17.5. The average molecular weight is 1230 g/mol. The van der Waals surface area contributed by atoms with E-state index in [4.69, 9.17) is 37.0 Å². The summed E-state index contributed by atoms with van der Waals surface area (Å²) in [5.74, 6) is -0.0264. The minimum Gasteiger partial charge on any atom is -0.462 e. The third kappa shape index (κ3) is 58.8. The first-order valence-corrected chi connectivity index (χ1v) is 36.3. The van der Waals surface area contributed by atoms with E-state index in [-0.39, 0.29) is 25.7 Å². The fourth-order valence-corrected chi connectivity index (χ4v) is 11.1. The van der Waals surface area contributed by atoms with Crippen LogP contribution in [0.3, 0.4) is 0 Å². The zero-order chi connectivity index (χ0) is 61.7. The first kappa shape index (κ1) is 81.1. The van der Waals surface area contributed by atoms with E-state index >= 15 is 0 Å². The van der Waals surface area contributed by atoms with Gasteiger partial charge in [-0.2, -0.15) is 0 Å². The van der Waals surface area contributed by atoms with Crippen molar-refractivity contribution in [2.45, 2.75) is 330 Å². The van der Waals surface area contributed by atoms with E-state index in [1.165, 1.54) is 116 Å². The molecular formula is C64H124O17P2. The summed E-state index contributed by atoms with van der Waals surface area (Å²) in [5.41, 5.74) is 0. The molecule has 17 nitrogen and oxygen atoms in total. The molecule has 0 fully saturated rings. The van der Waals surface area contributed by atoms with Crippen molar-refractivity contribution >= 4 is 39.5 Å². The van der Waals surface area contributed by atoms with Gasteiger partial charge >= 0.3 is 39.5 Å². The van der Waals surface area contributed by atoms with Gasteiger partial charge in [0.25, 0.3) is 0 Å². The number of hydrogen-bond acceptors (Lipinski definition) is 15. The van der Waals surface area contributed by atoms with Crippen LogP contribution in [0, 0.1) is 17.8 Å². The number of unbranched alkanes of at least 4 members (excludes halogenated alkanes) is 30. The van der Waals surface area contributed by atoms with Crippen molar-refractivity contribution in [3.8, 4) is 0 Å². The number of carbonyl (C=O) groups is 4. The molecule has 0 saturated carbocycles. The van der Waals surface area contributed by atoms with Crippen LogP contribution in [0.2, 0.25) is 0 Å². The highest BCUT2D eigenvalue weighted by Gasteiger charge is 2.30. The van der Waals surface area contributed by atoms with Crippen molar-refractivity contribution in [3.05, 3.63) is 0 Å².